The van der Waals surface area contributed by atoms with E-state index in [1.165, 1.54) is 0 Å². The van der Waals surface area contributed by atoms with Crippen molar-refractivity contribution in [2.45, 2.75) is 0 Å². The van der Waals surface area contributed by atoms with Crippen LogP contribution in [0.15, 0.2) is 72.4 Å². The molecule has 3 rings (SSSR count). The van der Waals surface area contributed by atoms with Gasteiger partial charge in [0.25, 0.3) is 0 Å². The van der Waals surface area contributed by atoms with E-state index in [4.69, 9.17) is 4.74 Å². The molecule has 2 aromatic rings. The Balaban J connectivity index is 0.00000161. The van der Waals surface area contributed by atoms with Crippen LogP contribution in [0.1, 0.15) is 11.1 Å². The minimum absolute atomic E-state index is 0. The van der Waals surface area contributed by atoms with E-state index >= 15 is 0 Å². The molecule has 0 amide bonds. The van der Waals surface area contributed by atoms with Crippen LogP contribution in [-0.2, 0) is 9.53 Å². The zero-order valence-corrected chi connectivity index (χ0v) is 14.7. The first-order valence-electron chi connectivity index (χ1n) is 6.22. The Kier molecular flexibility index (Phi) is 5.55. The molecule has 0 bridgehead atoms. The second kappa shape index (κ2) is 7.20. The first-order valence-corrected chi connectivity index (χ1v) is 6.22. The van der Waals surface area contributed by atoms with Crippen molar-refractivity contribution in [2.75, 3.05) is 0 Å². The van der Waals surface area contributed by atoms with Crippen LogP contribution in [0.3, 0.4) is 0 Å². The number of carbonyl (C=O) groups is 1. The summed E-state index contributed by atoms with van der Waals surface area (Å²) in [4.78, 5) is 12.3. The fraction of sp³-hybridized carbons (Fsp3) is 0. The van der Waals surface area contributed by atoms with E-state index in [0.29, 0.717) is 5.56 Å². The number of hydrogen-bond acceptors (Lipinski definition) is 3. The first kappa shape index (κ1) is 16.2. The molecule has 4 heteroatoms. The molecule has 1 aliphatic rings. The molecule has 2 aromatic carbocycles. The quantitative estimate of drug-likeness (QED) is 0.548. The molecule has 0 aromatic heterocycles. The van der Waals surface area contributed by atoms with E-state index in [2.05, 4.69) is 0 Å². The number of carbonyl (C=O) groups excluding carboxylic acids is 1. The summed E-state index contributed by atoms with van der Waals surface area (Å²) in [5, 5.41) is 11.9. The maximum Gasteiger partial charge on any atom is 1.00 e. The summed E-state index contributed by atoms with van der Waals surface area (Å²) in [7, 11) is 0. The molecule has 0 unspecified atom stereocenters. The van der Waals surface area contributed by atoms with E-state index in [1.54, 1.807) is 30.3 Å². The van der Waals surface area contributed by atoms with E-state index in [-0.39, 0.29) is 68.5 Å². The van der Waals surface area contributed by atoms with Crippen molar-refractivity contribution < 1.29 is 66.0 Å². The van der Waals surface area contributed by atoms with Crippen LogP contribution in [0.2, 0.25) is 0 Å². The van der Waals surface area contributed by atoms with Crippen LogP contribution in [0.25, 0.3) is 11.6 Å². The normalized spacial score (nSPS) is 15.8. The third kappa shape index (κ3) is 3.54. The number of allylic oxidation sites excluding steroid dienone is 1. The van der Waals surface area contributed by atoms with Crippen molar-refractivity contribution in [2.24, 2.45) is 0 Å². The third-order valence-corrected chi connectivity index (χ3v) is 3.02. The molecule has 0 radical (unpaired) electrons. The molecule has 1 aliphatic heterocycles. The average Bonchev–Trinajstić information content (AvgIpc) is 2.75. The predicted molar refractivity (Wildman–Crippen MR) is 73.9 cm³/mol. The van der Waals surface area contributed by atoms with Crippen LogP contribution in [0, 0.1) is 0 Å². The number of hydrogen-bond donors (Lipinski definition) is 0. The molecule has 0 saturated heterocycles. The molecular weight excluding hydrogens is 291 g/mol. The van der Waals surface area contributed by atoms with Gasteiger partial charge in [-0.15, -0.1) is 0 Å². The van der Waals surface area contributed by atoms with Crippen molar-refractivity contribution >= 4 is 17.4 Å². The van der Waals surface area contributed by atoms with E-state index in [0.717, 1.165) is 5.56 Å². The molecule has 98 valence electrons. The van der Waals surface area contributed by atoms with Gasteiger partial charge in [-0.3, -0.25) is 4.79 Å². The summed E-state index contributed by atoms with van der Waals surface area (Å²) in [6.07, 6.45) is 1.58. The Labute approximate surface area is 165 Å². The maximum atomic E-state index is 12.3. The van der Waals surface area contributed by atoms with Gasteiger partial charge in [-0.1, -0.05) is 60.7 Å². The fourth-order valence-electron chi connectivity index (χ4n) is 2.06. The van der Waals surface area contributed by atoms with Crippen LogP contribution in [0.5, 0.6) is 0 Å². The molecule has 0 spiro atoms. The number of Topliss-reactive ketones (excluding diaryl/α,β-unsaturated/α-hetero) is 1. The number of ether oxygens (including phenoxy) is 1. The Morgan fingerprint density at radius 3 is 2.10 bits per heavy atom. The Bertz CT molecular complexity index is 703. The predicted octanol–water partition coefficient (Wildman–Crippen LogP) is -0.640. The van der Waals surface area contributed by atoms with Crippen molar-refractivity contribution in [1.82, 2.24) is 0 Å². The minimum Gasteiger partial charge on any atom is -0.575 e. The molecule has 0 saturated carbocycles. The average molecular weight is 302 g/mol. The van der Waals surface area contributed by atoms with Crippen molar-refractivity contribution in [3.8, 4) is 0 Å². The maximum absolute atomic E-state index is 12.3. The third-order valence-electron chi connectivity index (χ3n) is 3.02. The van der Waals surface area contributed by atoms with Crippen LogP contribution in [0.4, 0.5) is 0 Å². The van der Waals surface area contributed by atoms with Gasteiger partial charge in [0.1, 0.15) is 0 Å². The molecular formula is C17H11KO3. The Hall–Kier alpha value is -1.17. The Morgan fingerprint density at radius 2 is 1.48 bits per heavy atom. The number of rotatable bonds is 2. The van der Waals surface area contributed by atoms with Crippen molar-refractivity contribution in [3.63, 3.8) is 0 Å². The van der Waals surface area contributed by atoms with Gasteiger partial charge in [0, 0.05) is 0 Å². The molecule has 0 aliphatic carbocycles. The summed E-state index contributed by atoms with van der Waals surface area (Å²) in [5.74, 6) is -0.895. The van der Waals surface area contributed by atoms with Crippen molar-refractivity contribution in [1.29, 1.82) is 0 Å². The van der Waals surface area contributed by atoms with Crippen LogP contribution in [-0.4, -0.2) is 5.78 Å². The van der Waals surface area contributed by atoms with Gasteiger partial charge >= 0.3 is 51.4 Å². The number of benzene rings is 2. The monoisotopic (exact) mass is 302 g/mol. The first-order chi connectivity index (χ1) is 9.75. The zero-order chi connectivity index (χ0) is 13.9. The smallest absolute Gasteiger partial charge is 0.575 e. The van der Waals surface area contributed by atoms with Gasteiger partial charge in [-0.05, 0) is 17.2 Å². The summed E-state index contributed by atoms with van der Waals surface area (Å²) in [6.45, 7) is 0. The molecule has 1 heterocycles. The summed E-state index contributed by atoms with van der Waals surface area (Å²) >= 11 is 0. The largest absolute Gasteiger partial charge is 1.00 e. The van der Waals surface area contributed by atoms with Crippen molar-refractivity contribution in [3.05, 3.63) is 83.5 Å². The van der Waals surface area contributed by atoms with E-state index in [1.807, 2.05) is 36.4 Å². The standard InChI is InChI=1S/C17H12O3.K/c18-16-14(11-12-7-3-1-4-8-12)20-17(19)15(16)13-9-5-2-6-10-13;/h1-11,19H;/q;+1/p-1/b14-11-;. The molecule has 0 atom stereocenters. The zero-order valence-electron chi connectivity index (χ0n) is 11.6. The molecule has 21 heavy (non-hydrogen) atoms. The topological polar surface area (TPSA) is 49.4 Å². The van der Waals surface area contributed by atoms with Gasteiger partial charge in [-0.25, -0.2) is 0 Å². The summed E-state index contributed by atoms with van der Waals surface area (Å²) < 4.78 is 5.08. The second-order valence-corrected chi connectivity index (χ2v) is 4.38. The molecule has 3 nitrogen and oxygen atoms in total. The van der Waals surface area contributed by atoms with Gasteiger partial charge in [0.15, 0.2) is 0 Å². The van der Waals surface area contributed by atoms with Gasteiger partial charge in [0.2, 0.25) is 5.78 Å². The Morgan fingerprint density at radius 1 is 0.905 bits per heavy atom. The SMILES string of the molecule is O=C1C(c2ccccc2)=C([O-])O/C1=C\c1ccccc1.[K+]. The molecule has 0 N–H and O–H groups in total. The van der Waals surface area contributed by atoms with E-state index < -0.39 is 5.95 Å². The minimum atomic E-state index is -0.594. The molecule has 0 fully saturated rings. The second-order valence-electron chi connectivity index (χ2n) is 4.38. The van der Waals surface area contributed by atoms with Gasteiger partial charge < -0.3 is 9.84 Å². The van der Waals surface area contributed by atoms with E-state index in [9.17, 15) is 9.90 Å². The van der Waals surface area contributed by atoms with Crippen LogP contribution < -0.4 is 56.5 Å². The fourth-order valence-corrected chi connectivity index (χ4v) is 2.06. The summed E-state index contributed by atoms with van der Waals surface area (Å²) in [6, 6.07) is 18.1. The number of ketones is 1. The van der Waals surface area contributed by atoms with Crippen LogP contribution >= 0.6 is 0 Å². The van der Waals surface area contributed by atoms with Gasteiger partial charge in [0.05, 0.1) is 17.3 Å². The van der Waals surface area contributed by atoms with Gasteiger partial charge in [-0.2, -0.15) is 0 Å². The summed E-state index contributed by atoms with van der Waals surface area (Å²) in [5.41, 5.74) is 1.49.